The van der Waals surface area contributed by atoms with Crippen LogP contribution in [0.2, 0.25) is 0 Å². The second-order valence-electron chi connectivity index (χ2n) is 14.9. The molecule has 3 N–H and O–H groups in total. The van der Waals surface area contributed by atoms with Crippen LogP contribution in [0.15, 0.2) is 36.5 Å². The minimum Gasteiger partial charge on any atom is -0.462 e. The van der Waals surface area contributed by atoms with Crippen LogP contribution in [-0.2, 0) is 32.7 Å². The van der Waals surface area contributed by atoms with E-state index in [9.17, 15) is 19.0 Å². The van der Waals surface area contributed by atoms with Crippen LogP contribution in [0.25, 0.3) is 0 Å². The standard InChI is InChI=1S/C45H84NO8P/c1-3-5-7-9-11-13-15-17-19-20-21-22-24-26-28-30-32-34-36-38-45(48)54-43(42-53-55(49,50)52-40-39-46)41-51-44(47)37-35-33-31-29-27-25-23-18-16-14-12-10-8-6-4-2/h12,14,17-19,23,43H,3-11,13,15-16,20-22,24-42,46H2,1-2H3,(H,49,50). The van der Waals surface area contributed by atoms with Gasteiger partial charge in [-0.1, -0.05) is 159 Å². The fraction of sp³-hybridized carbons (Fsp3) is 0.822. The number of rotatable bonds is 42. The van der Waals surface area contributed by atoms with Crippen molar-refractivity contribution in [2.24, 2.45) is 5.73 Å². The maximum atomic E-state index is 12.6. The number of carbonyl (C=O) groups excluding carboxylic acids is 2. The Morgan fingerprint density at radius 1 is 0.545 bits per heavy atom. The first-order chi connectivity index (χ1) is 26.8. The number of allylic oxidation sites excluding steroid dienone is 6. The van der Waals surface area contributed by atoms with Crippen LogP contribution in [0, 0.1) is 0 Å². The van der Waals surface area contributed by atoms with E-state index in [2.05, 4.69) is 50.3 Å². The first-order valence-corrected chi connectivity index (χ1v) is 24.0. The topological polar surface area (TPSA) is 134 Å². The van der Waals surface area contributed by atoms with E-state index in [0.717, 1.165) is 57.8 Å². The van der Waals surface area contributed by atoms with Gasteiger partial charge in [0.1, 0.15) is 6.61 Å². The summed E-state index contributed by atoms with van der Waals surface area (Å²) in [5.41, 5.74) is 5.35. The summed E-state index contributed by atoms with van der Waals surface area (Å²) >= 11 is 0. The lowest BCUT2D eigenvalue weighted by Crippen LogP contribution is -2.29. The number of nitrogens with two attached hydrogens (primary N) is 1. The maximum Gasteiger partial charge on any atom is 0.472 e. The average molecular weight is 798 g/mol. The molecule has 0 aromatic carbocycles. The van der Waals surface area contributed by atoms with Crippen LogP contribution in [0.5, 0.6) is 0 Å². The number of ether oxygens (including phenoxy) is 2. The molecule has 0 aliphatic carbocycles. The zero-order chi connectivity index (χ0) is 40.3. The van der Waals surface area contributed by atoms with Gasteiger partial charge in [0.2, 0.25) is 0 Å². The second kappa shape index (κ2) is 41.9. The van der Waals surface area contributed by atoms with Crippen molar-refractivity contribution in [3.8, 4) is 0 Å². The largest absolute Gasteiger partial charge is 0.472 e. The normalized spacial score (nSPS) is 13.6. The highest BCUT2D eigenvalue weighted by atomic mass is 31.2. The van der Waals surface area contributed by atoms with Crippen LogP contribution >= 0.6 is 7.82 Å². The molecule has 0 heterocycles. The summed E-state index contributed by atoms with van der Waals surface area (Å²) < 4.78 is 32.8. The molecule has 10 heteroatoms. The molecule has 0 radical (unpaired) electrons. The van der Waals surface area contributed by atoms with Gasteiger partial charge < -0.3 is 20.1 Å². The van der Waals surface area contributed by atoms with Gasteiger partial charge >= 0.3 is 19.8 Å². The molecule has 0 amide bonds. The van der Waals surface area contributed by atoms with Crippen molar-refractivity contribution in [2.45, 2.75) is 213 Å². The molecular formula is C45H84NO8P. The van der Waals surface area contributed by atoms with Crippen LogP contribution in [0.4, 0.5) is 0 Å². The second-order valence-corrected chi connectivity index (χ2v) is 16.4. The number of carbonyl (C=O) groups is 2. The number of esters is 2. The zero-order valence-electron chi connectivity index (χ0n) is 35.4. The molecular weight excluding hydrogens is 713 g/mol. The third-order valence-electron chi connectivity index (χ3n) is 9.50. The average Bonchev–Trinajstić information content (AvgIpc) is 3.17. The van der Waals surface area contributed by atoms with Gasteiger partial charge in [-0.15, -0.1) is 0 Å². The summed E-state index contributed by atoms with van der Waals surface area (Å²) in [6.45, 7) is 3.70. The highest BCUT2D eigenvalue weighted by Crippen LogP contribution is 2.43. The van der Waals surface area contributed by atoms with Gasteiger partial charge in [0.05, 0.1) is 13.2 Å². The molecule has 0 aliphatic rings. The Kier molecular flexibility index (Phi) is 40.5. The highest BCUT2D eigenvalue weighted by Gasteiger charge is 2.26. The van der Waals surface area contributed by atoms with E-state index in [1.807, 2.05) is 0 Å². The quantitative estimate of drug-likeness (QED) is 0.0268. The Morgan fingerprint density at radius 3 is 1.44 bits per heavy atom. The molecule has 0 aliphatic heterocycles. The molecule has 0 aromatic heterocycles. The molecule has 0 fully saturated rings. The Balaban J connectivity index is 4.14. The lowest BCUT2D eigenvalue weighted by Gasteiger charge is -2.19. The molecule has 0 bridgehead atoms. The van der Waals surface area contributed by atoms with Crippen LogP contribution in [0.1, 0.15) is 206 Å². The van der Waals surface area contributed by atoms with Gasteiger partial charge in [-0.3, -0.25) is 18.6 Å². The minimum atomic E-state index is -4.38. The summed E-state index contributed by atoms with van der Waals surface area (Å²) in [6.07, 6.45) is 46.0. The number of hydrogen-bond donors (Lipinski definition) is 2. The van der Waals surface area contributed by atoms with Gasteiger partial charge in [-0.2, -0.15) is 0 Å². The van der Waals surface area contributed by atoms with E-state index in [0.29, 0.717) is 12.8 Å². The monoisotopic (exact) mass is 798 g/mol. The third kappa shape index (κ3) is 41.7. The Hall–Kier alpha value is -1.77. The third-order valence-corrected chi connectivity index (χ3v) is 10.5. The molecule has 0 saturated heterocycles. The predicted octanol–water partition coefficient (Wildman–Crippen LogP) is 12.9. The van der Waals surface area contributed by atoms with E-state index in [-0.39, 0.29) is 32.6 Å². The van der Waals surface area contributed by atoms with Gasteiger partial charge in [0.25, 0.3) is 0 Å². The smallest absolute Gasteiger partial charge is 0.462 e. The van der Waals surface area contributed by atoms with E-state index in [4.69, 9.17) is 24.3 Å². The maximum absolute atomic E-state index is 12.6. The summed E-state index contributed by atoms with van der Waals surface area (Å²) in [5.74, 6) is -0.844. The number of unbranched alkanes of at least 4 members (excludes halogenated alkanes) is 23. The fourth-order valence-corrected chi connectivity index (χ4v) is 6.89. The zero-order valence-corrected chi connectivity index (χ0v) is 36.3. The summed E-state index contributed by atoms with van der Waals surface area (Å²) in [4.78, 5) is 34.9. The van der Waals surface area contributed by atoms with Crippen molar-refractivity contribution >= 4 is 19.8 Å². The number of phosphoric acid groups is 1. The molecule has 0 spiro atoms. The molecule has 9 nitrogen and oxygen atoms in total. The van der Waals surface area contributed by atoms with Gasteiger partial charge in [-0.25, -0.2) is 4.57 Å². The highest BCUT2D eigenvalue weighted by molar-refractivity contribution is 7.47. The van der Waals surface area contributed by atoms with Crippen molar-refractivity contribution in [1.29, 1.82) is 0 Å². The summed E-state index contributed by atoms with van der Waals surface area (Å²) in [7, 11) is -4.38. The molecule has 322 valence electrons. The van der Waals surface area contributed by atoms with Crippen molar-refractivity contribution in [1.82, 2.24) is 0 Å². The number of phosphoric ester groups is 1. The lowest BCUT2D eigenvalue weighted by atomic mass is 10.1. The van der Waals surface area contributed by atoms with Gasteiger partial charge in [0.15, 0.2) is 6.10 Å². The molecule has 0 aromatic rings. The first-order valence-electron chi connectivity index (χ1n) is 22.5. The van der Waals surface area contributed by atoms with Gasteiger partial charge in [-0.05, 0) is 70.6 Å². The lowest BCUT2D eigenvalue weighted by molar-refractivity contribution is -0.161. The molecule has 2 atom stereocenters. The Bertz CT molecular complexity index is 1000. The fourth-order valence-electron chi connectivity index (χ4n) is 6.13. The van der Waals surface area contributed by atoms with Crippen molar-refractivity contribution < 1.29 is 37.6 Å². The molecule has 0 rings (SSSR count). The summed E-state index contributed by atoms with van der Waals surface area (Å²) in [6, 6.07) is 0. The van der Waals surface area contributed by atoms with E-state index < -0.39 is 32.5 Å². The van der Waals surface area contributed by atoms with Crippen LogP contribution in [0.3, 0.4) is 0 Å². The molecule has 0 saturated carbocycles. The molecule has 2 unspecified atom stereocenters. The van der Waals surface area contributed by atoms with Crippen molar-refractivity contribution in [2.75, 3.05) is 26.4 Å². The summed E-state index contributed by atoms with van der Waals surface area (Å²) in [5, 5.41) is 0. The van der Waals surface area contributed by atoms with E-state index in [1.165, 1.54) is 109 Å². The van der Waals surface area contributed by atoms with E-state index in [1.54, 1.807) is 0 Å². The predicted molar refractivity (Wildman–Crippen MR) is 229 cm³/mol. The van der Waals surface area contributed by atoms with E-state index >= 15 is 0 Å². The van der Waals surface area contributed by atoms with Crippen molar-refractivity contribution in [3.05, 3.63) is 36.5 Å². The molecule has 55 heavy (non-hydrogen) atoms. The Morgan fingerprint density at radius 2 is 0.945 bits per heavy atom. The van der Waals surface area contributed by atoms with Crippen LogP contribution < -0.4 is 5.73 Å². The SMILES string of the molecule is CCCCCC=CCC=CCCCCCCCC(=O)OCC(COP(=O)(O)OCCN)OC(=O)CCCCCCCCCCCC=CCCCCCCCC. The van der Waals surface area contributed by atoms with Crippen LogP contribution in [-0.4, -0.2) is 49.3 Å². The first kappa shape index (κ1) is 53.2. The number of hydrogen-bond acceptors (Lipinski definition) is 8. The minimum absolute atomic E-state index is 0.0510. The Labute approximate surface area is 337 Å². The van der Waals surface area contributed by atoms with Crippen molar-refractivity contribution in [3.63, 3.8) is 0 Å². The van der Waals surface area contributed by atoms with Gasteiger partial charge in [0, 0.05) is 19.4 Å².